The van der Waals surface area contributed by atoms with Gasteiger partial charge in [-0.3, -0.25) is 0 Å². The molecule has 2 fully saturated rings. The monoisotopic (exact) mass is 396 g/mol. The average Bonchev–Trinajstić information content (AvgIpc) is 2.78. The maximum atomic E-state index is 2.40. The van der Waals surface area contributed by atoms with E-state index < -0.39 is 0 Å². The predicted molar refractivity (Wildman–Crippen MR) is 128 cm³/mol. The van der Waals surface area contributed by atoms with Crippen LogP contribution in [0, 0.1) is 23.7 Å². The molecular weight excluding hydrogens is 348 g/mol. The molecule has 2 aliphatic carbocycles. The van der Waals surface area contributed by atoms with Gasteiger partial charge in [-0.15, -0.1) is 0 Å². The highest BCUT2D eigenvalue weighted by molar-refractivity contribution is 5.22. The minimum absolute atomic E-state index is 0.997. The van der Waals surface area contributed by atoms with E-state index in [1.165, 1.54) is 89.0 Å². The summed E-state index contributed by atoms with van der Waals surface area (Å²) in [4.78, 5) is 0. The number of rotatable bonds is 11. The Hall–Kier alpha value is -0.780. The average molecular weight is 397 g/mol. The lowest BCUT2D eigenvalue weighted by Gasteiger charge is -2.38. The van der Waals surface area contributed by atoms with Crippen molar-refractivity contribution in [3.8, 4) is 0 Å². The quantitative estimate of drug-likeness (QED) is 0.327. The second kappa shape index (κ2) is 12.8. The van der Waals surface area contributed by atoms with Crippen molar-refractivity contribution in [2.45, 2.75) is 123 Å². The minimum atomic E-state index is 0.997. The molecule has 0 nitrogen and oxygen atoms in total. The SMILES string of the molecule is CCCCCC1CCC(C2CCC(CCc3ccc(CCCC)cc3)CC2)CC1. The fourth-order valence-electron chi connectivity index (χ4n) is 6.20. The maximum absolute atomic E-state index is 2.40. The van der Waals surface area contributed by atoms with Crippen LogP contribution in [0.1, 0.15) is 121 Å². The molecule has 164 valence electrons. The first kappa shape index (κ1) is 22.9. The van der Waals surface area contributed by atoms with Gasteiger partial charge in [0.2, 0.25) is 0 Å². The van der Waals surface area contributed by atoms with E-state index in [0.29, 0.717) is 0 Å². The van der Waals surface area contributed by atoms with E-state index in [0.717, 1.165) is 23.7 Å². The molecule has 3 rings (SSSR count). The summed E-state index contributed by atoms with van der Waals surface area (Å²) in [5, 5.41) is 0. The predicted octanol–water partition coefficient (Wildman–Crippen LogP) is 9.15. The van der Waals surface area contributed by atoms with Crippen LogP contribution in [0.2, 0.25) is 0 Å². The summed E-state index contributed by atoms with van der Waals surface area (Å²) in [5.41, 5.74) is 3.09. The van der Waals surface area contributed by atoms with Crippen LogP contribution >= 0.6 is 0 Å². The van der Waals surface area contributed by atoms with E-state index >= 15 is 0 Å². The number of benzene rings is 1. The molecule has 0 atom stereocenters. The molecular formula is C29H48. The Labute approximate surface area is 182 Å². The Morgan fingerprint density at radius 1 is 0.552 bits per heavy atom. The maximum Gasteiger partial charge on any atom is -0.0276 e. The lowest BCUT2D eigenvalue weighted by molar-refractivity contribution is 0.140. The molecule has 0 bridgehead atoms. The molecule has 1 aromatic rings. The molecule has 2 aliphatic rings. The summed E-state index contributed by atoms with van der Waals surface area (Å²) in [7, 11) is 0. The summed E-state index contributed by atoms with van der Waals surface area (Å²) < 4.78 is 0. The minimum Gasteiger partial charge on any atom is -0.0654 e. The van der Waals surface area contributed by atoms with Gasteiger partial charge in [-0.1, -0.05) is 95.9 Å². The van der Waals surface area contributed by atoms with Crippen molar-refractivity contribution < 1.29 is 0 Å². The van der Waals surface area contributed by atoms with E-state index in [2.05, 4.69) is 38.1 Å². The first-order chi connectivity index (χ1) is 14.3. The van der Waals surface area contributed by atoms with Crippen molar-refractivity contribution in [1.82, 2.24) is 0 Å². The van der Waals surface area contributed by atoms with Crippen molar-refractivity contribution in [2.24, 2.45) is 23.7 Å². The molecule has 1 aromatic carbocycles. The Morgan fingerprint density at radius 2 is 1.03 bits per heavy atom. The smallest absolute Gasteiger partial charge is 0.0276 e. The molecule has 29 heavy (non-hydrogen) atoms. The molecule has 2 saturated carbocycles. The van der Waals surface area contributed by atoms with Gasteiger partial charge in [0, 0.05) is 0 Å². The summed E-state index contributed by atoms with van der Waals surface area (Å²) in [5.74, 6) is 4.22. The third-order valence-corrected chi connectivity index (χ3v) is 8.35. The van der Waals surface area contributed by atoms with Crippen molar-refractivity contribution in [3.05, 3.63) is 35.4 Å². The molecule has 0 saturated heterocycles. The van der Waals surface area contributed by atoms with Gasteiger partial charge in [0.1, 0.15) is 0 Å². The highest BCUT2D eigenvalue weighted by Gasteiger charge is 2.30. The third kappa shape index (κ3) is 7.76. The van der Waals surface area contributed by atoms with Crippen LogP contribution < -0.4 is 0 Å². The first-order valence-corrected chi connectivity index (χ1v) is 13.4. The molecule has 0 heterocycles. The van der Waals surface area contributed by atoms with Crippen molar-refractivity contribution in [1.29, 1.82) is 0 Å². The zero-order valence-electron chi connectivity index (χ0n) is 19.6. The molecule has 0 spiro atoms. The molecule has 0 amide bonds. The highest BCUT2D eigenvalue weighted by atomic mass is 14.4. The van der Waals surface area contributed by atoms with Crippen LogP contribution in [-0.4, -0.2) is 0 Å². The van der Waals surface area contributed by atoms with Crippen molar-refractivity contribution >= 4 is 0 Å². The molecule has 0 aliphatic heterocycles. The van der Waals surface area contributed by atoms with Crippen LogP contribution in [0.3, 0.4) is 0 Å². The molecule has 0 aromatic heterocycles. The first-order valence-electron chi connectivity index (χ1n) is 13.4. The van der Waals surface area contributed by atoms with Gasteiger partial charge in [-0.05, 0) is 86.2 Å². The van der Waals surface area contributed by atoms with E-state index in [9.17, 15) is 0 Å². The fraction of sp³-hybridized carbons (Fsp3) is 0.793. The third-order valence-electron chi connectivity index (χ3n) is 8.35. The zero-order valence-corrected chi connectivity index (χ0v) is 19.6. The summed E-state index contributed by atoms with van der Waals surface area (Å²) in [6.07, 6.45) is 24.7. The Bertz CT molecular complexity index is 526. The van der Waals surface area contributed by atoms with Crippen LogP contribution in [0.4, 0.5) is 0 Å². The van der Waals surface area contributed by atoms with Gasteiger partial charge in [0.05, 0.1) is 0 Å². The molecule has 0 N–H and O–H groups in total. The number of aryl methyl sites for hydroxylation is 2. The molecule has 0 unspecified atom stereocenters. The standard InChI is InChI=1S/C29H48/c1-3-5-7-9-25-16-20-28(21-17-25)29-22-18-27(19-23-29)15-14-26-12-10-24(11-13-26)8-6-4-2/h10-13,25,27-29H,3-9,14-23H2,1-2H3. The second-order valence-corrected chi connectivity index (χ2v) is 10.5. The zero-order chi connectivity index (χ0) is 20.3. The normalized spacial score (nSPS) is 27.8. The van der Waals surface area contributed by atoms with Crippen LogP contribution in [0.15, 0.2) is 24.3 Å². The highest BCUT2D eigenvalue weighted by Crippen LogP contribution is 2.43. The second-order valence-electron chi connectivity index (χ2n) is 10.5. The van der Waals surface area contributed by atoms with Crippen LogP contribution in [0.25, 0.3) is 0 Å². The summed E-state index contributed by atoms with van der Waals surface area (Å²) in [6.45, 7) is 4.61. The number of hydrogen-bond acceptors (Lipinski definition) is 0. The number of unbranched alkanes of at least 4 members (excludes halogenated alkanes) is 3. The van der Waals surface area contributed by atoms with Crippen LogP contribution in [-0.2, 0) is 12.8 Å². The Balaban J connectivity index is 1.30. The summed E-state index contributed by atoms with van der Waals surface area (Å²) >= 11 is 0. The summed E-state index contributed by atoms with van der Waals surface area (Å²) in [6, 6.07) is 9.55. The van der Waals surface area contributed by atoms with Gasteiger partial charge in [-0.2, -0.15) is 0 Å². The van der Waals surface area contributed by atoms with E-state index in [1.54, 1.807) is 31.2 Å². The van der Waals surface area contributed by atoms with Crippen molar-refractivity contribution in [2.75, 3.05) is 0 Å². The van der Waals surface area contributed by atoms with E-state index in [1.807, 2.05) is 0 Å². The topological polar surface area (TPSA) is 0 Å². The van der Waals surface area contributed by atoms with Crippen molar-refractivity contribution in [3.63, 3.8) is 0 Å². The van der Waals surface area contributed by atoms with Gasteiger partial charge in [-0.25, -0.2) is 0 Å². The molecule has 0 heteroatoms. The number of hydrogen-bond donors (Lipinski definition) is 0. The lowest BCUT2D eigenvalue weighted by atomic mass is 9.68. The fourth-order valence-corrected chi connectivity index (χ4v) is 6.20. The lowest BCUT2D eigenvalue weighted by Crippen LogP contribution is -2.26. The Morgan fingerprint density at radius 3 is 1.55 bits per heavy atom. The van der Waals surface area contributed by atoms with Gasteiger partial charge in [0.15, 0.2) is 0 Å². The van der Waals surface area contributed by atoms with Crippen LogP contribution in [0.5, 0.6) is 0 Å². The molecule has 0 radical (unpaired) electrons. The van der Waals surface area contributed by atoms with E-state index in [-0.39, 0.29) is 0 Å². The largest absolute Gasteiger partial charge is 0.0654 e. The van der Waals surface area contributed by atoms with E-state index in [4.69, 9.17) is 0 Å². The van der Waals surface area contributed by atoms with Gasteiger partial charge < -0.3 is 0 Å². The van der Waals surface area contributed by atoms with Gasteiger partial charge >= 0.3 is 0 Å². The van der Waals surface area contributed by atoms with Gasteiger partial charge in [0.25, 0.3) is 0 Å². The Kier molecular flexibility index (Phi) is 10.1.